The van der Waals surface area contributed by atoms with Gasteiger partial charge in [0.05, 0.1) is 18.6 Å². The zero-order valence-corrected chi connectivity index (χ0v) is 13.7. The summed E-state index contributed by atoms with van der Waals surface area (Å²) >= 11 is 5.86. The highest BCUT2D eigenvalue weighted by atomic mass is 35.5. The second-order valence-electron chi connectivity index (χ2n) is 6.06. The maximum Gasteiger partial charge on any atom is 0.225 e. The predicted molar refractivity (Wildman–Crippen MR) is 87.2 cm³/mol. The van der Waals surface area contributed by atoms with Crippen molar-refractivity contribution in [1.29, 1.82) is 0 Å². The van der Waals surface area contributed by atoms with Gasteiger partial charge in [0.2, 0.25) is 11.8 Å². The second-order valence-corrected chi connectivity index (χ2v) is 6.50. The maximum atomic E-state index is 12.4. The first-order valence-corrected chi connectivity index (χ1v) is 8.43. The average molecular weight is 337 g/mol. The van der Waals surface area contributed by atoms with Crippen LogP contribution >= 0.6 is 11.6 Å². The third-order valence-electron chi connectivity index (χ3n) is 4.52. The van der Waals surface area contributed by atoms with Crippen molar-refractivity contribution in [1.82, 2.24) is 10.2 Å². The molecule has 0 aliphatic carbocycles. The minimum atomic E-state index is -0.175. The molecule has 1 N–H and O–H groups in total. The highest BCUT2D eigenvalue weighted by molar-refractivity contribution is 6.30. The fraction of sp³-hybridized carbons (Fsp3) is 0.529. The smallest absolute Gasteiger partial charge is 0.225 e. The molecule has 0 saturated carbocycles. The number of fused-ring (bicyclic) bond motifs is 1. The minimum Gasteiger partial charge on any atom is -0.374 e. The Morgan fingerprint density at radius 1 is 1.35 bits per heavy atom. The largest absolute Gasteiger partial charge is 0.374 e. The van der Waals surface area contributed by atoms with Crippen molar-refractivity contribution in [2.45, 2.75) is 25.4 Å². The first kappa shape index (κ1) is 16.3. The van der Waals surface area contributed by atoms with Gasteiger partial charge in [-0.25, -0.2) is 0 Å². The molecule has 0 aromatic heterocycles. The molecule has 2 saturated heterocycles. The molecule has 3 rings (SSSR count). The SMILES string of the molecule is O=C1NCCO[C@H]2CN(C(=O)CCc3ccc(Cl)cc3)CC[C@@H]12. The Balaban J connectivity index is 1.54. The van der Waals surface area contributed by atoms with Gasteiger partial charge in [-0.1, -0.05) is 23.7 Å². The zero-order chi connectivity index (χ0) is 16.2. The summed E-state index contributed by atoms with van der Waals surface area (Å²) in [5.41, 5.74) is 1.10. The number of hydrogen-bond donors (Lipinski definition) is 1. The van der Waals surface area contributed by atoms with Crippen molar-refractivity contribution in [3.63, 3.8) is 0 Å². The van der Waals surface area contributed by atoms with Gasteiger partial charge in [0, 0.05) is 31.1 Å². The molecule has 6 heteroatoms. The first-order chi connectivity index (χ1) is 11.1. The van der Waals surface area contributed by atoms with Gasteiger partial charge in [-0.05, 0) is 30.5 Å². The number of benzene rings is 1. The van der Waals surface area contributed by atoms with Crippen LogP contribution in [0.5, 0.6) is 0 Å². The van der Waals surface area contributed by atoms with Crippen molar-refractivity contribution in [3.05, 3.63) is 34.9 Å². The number of likely N-dealkylation sites (tertiary alicyclic amines) is 1. The van der Waals surface area contributed by atoms with Crippen molar-refractivity contribution >= 4 is 23.4 Å². The lowest BCUT2D eigenvalue weighted by atomic mass is 9.92. The number of rotatable bonds is 3. The van der Waals surface area contributed by atoms with E-state index < -0.39 is 0 Å². The van der Waals surface area contributed by atoms with Gasteiger partial charge in [0.1, 0.15) is 0 Å². The Labute approximate surface area is 140 Å². The van der Waals surface area contributed by atoms with Gasteiger partial charge in [-0.2, -0.15) is 0 Å². The molecular weight excluding hydrogens is 316 g/mol. The van der Waals surface area contributed by atoms with E-state index in [-0.39, 0.29) is 23.8 Å². The Bertz CT molecular complexity index is 576. The summed E-state index contributed by atoms with van der Waals surface area (Å²) in [4.78, 5) is 26.2. The third-order valence-corrected chi connectivity index (χ3v) is 4.77. The van der Waals surface area contributed by atoms with Gasteiger partial charge >= 0.3 is 0 Å². The van der Waals surface area contributed by atoms with Crippen LogP contribution in [0.15, 0.2) is 24.3 Å². The molecule has 1 aromatic carbocycles. The monoisotopic (exact) mass is 336 g/mol. The van der Waals surface area contributed by atoms with Crippen molar-refractivity contribution in [3.8, 4) is 0 Å². The molecule has 2 amide bonds. The average Bonchev–Trinajstić information content (AvgIpc) is 2.75. The summed E-state index contributed by atoms with van der Waals surface area (Å²) in [6.07, 6.45) is 1.65. The van der Waals surface area contributed by atoms with E-state index in [1.165, 1.54) is 0 Å². The van der Waals surface area contributed by atoms with Gasteiger partial charge in [0.15, 0.2) is 0 Å². The number of amides is 2. The van der Waals surface area contributed by atoms with Crippen LogP contribution in [-0.4, -0.2) is 49.1 Å². The van der Waals surface area contributed by atoms with E-state index in [4.69, 9.17) is 16.3 Å². The Hall–Kier alpha value is -1.59. The first-order valence-electron chi connectivity index (χ1n) is 8.05. The summed E-state index contributed by atoms with van der Waals surface area (Å²) in [6, 6.07) is 7.57. The predicted octanol–water partition coefficient (Wildman–Crippen LogP) is 1.64. The number of ether oxygens (including phenoxy) is 1. The molecule has 2 atom stereocenters. The molecule has 5 nitrogen and oxygen atoms in total. The second kappa shape index (κ2) is 7.32. The van der Waals surface area contributed by atoms with E-state index >= 15 is 0 Å². The van der Waals surface area contributed by atoms with E-state index in [1.54, 1.807) is 0 Å². The summed E-state index contributed by atoms with van der Waals surface area (Å²) in [5.74, 6) is 0.0465. The lowest BCUT2D eigenvalue weighted by molar-refractivity contribution is -0.141. The van der Waals surface area contributed by atoms with E-state index in [0.29, 0.717) is 50.5 Å². The van der Waals surface area contributed by atoms with Gasteiger partial charge in [0.25, 0.3) is 0 Å². The quantitative estimate of drug-likeness (QED) is 0.912. The number of nitrogens with zero attached hydrogens (tertiary/aromatic N) is 1. The molecule has 2 heterocycles. The fourth-order valence-corrected chi connectivity index (χ4v) is 3.31. The van der Waals surface area contributed by atoms with Crippen molar-refractivity contribution < 1.29 is 14.3 Å². The zero-order valence-electron chi connectivity index (χ0n) is 13.0. The van der Waals surface area contributed by atoms with E-state index in [9.17, 15) is 9.59 Å². The molecule has 0 unspecified atom stereocenters. The van der Waals surface area contributed by atoms with Crippen molar-refractivity contribution in [2.75, 3.05) is 26.2 Å². The van der Waals surface area contributed by atoms with Crippen LogP contribution in [0.3, 0.4) is 0 Å². The number of nitrogens with one attached hydrogen (secondary N) is 1. The summed E-state index contributed by atoms with van der Waals surface area (Å²) in [6.45, 7) is 2.20. The minimum absolute atomic E-state index is 0.0563. The number of carbonyl (C=O) groups is 2. The number of aryl methyl sites for hydroxylation is 1. The summed E-state index contributed by atoms with van der Waals surface area (Å²) in [5, 5.41) is 3.56. The molecule has 0 radical (unpaired) electrons. The lowest BCUT2D eigenvalue weighted by Gasteiger charge is -2.36. The van der Waals surface area contributed by atoms with Crippen LogP contribution in [0, 0.1) is 5.92 Å². The highest BCUT2D eigenvalue weighted by Gasteiger charge is 2.37. The van der Waals surface area contributed by atoms with Gasteiger partial charge < -0.3 is 15.0 Å². The summed E-state index contributed by atoms with van der Waals surface area (Å²) in [7, 11) is 0. The van der Waals surface area contributed by atoms with Crippen LogP contribution in [0.4, 0.5) is 0 Å². The topological polar surface area (TPSA) is 58.6 Å². The molecule has 2 aliphatic rings. The molecule has 124 valence electrons. The summed E-state index contributed by atoms with van der Waals surface area (Å²) < 4.78 is 5.74. The third kappa shape index (κ3) is 4.03. The van der Waals surface area contributed by atoms with E-state index in [1.807, 2.05) is 29.2 Å². The standard InChI is InChI=1S/C17H21ClN2O3/c18-13-4-1-12(2-5-13)3-6-16(21)20-9-7-14-15(11-20)23-10-8-19-17(14)22/h1-2,4-5,14-15H,3,6-11H2,(H,19,22)/t14-,15+/m1/s1. The molecule has 0 spiro atoms. The number of halogens is 1. The molecule has 2 fully saturated rings. The van der Waals surface area contributed by atoms with E-state index in [2.05, 4.69) is 5.32 Å². The normalized spacial score (nSPS) is 24.6. The van der Waals surface area contributed by atoms with Crippen LogP contribution < -0.4 is 5.32 Å². The Morgan fingerprint density at radius 3 is 2.91 bits per heavy atom. The van der Waals surface area contributed by atoms with Crippen LogP contribution in [0.25, 0.3) is 0 Å². The number of carbonyl (C=O) groups excluding carboxylic acids is 2. The lowest BCUT2D eigenvalue weighted by Crippen LogP contribution is -2.50. The molecule has 2 aliphatic heterocycles. The van der Waals surface area contributed by atoms with Gasteiger partial charge in [-0.3, -0.25) is 9.59 Å². The van der Waals surface area contributed by atoms with Gasteiger partial charge in [-0.15, -0.1) is 0 Å². The number of piperidine rings is 1. The Kier molecular flexibility index (Phi) is 5.18. The Morgan fingerprint density at radius 2 is 2.13 bits per heavy atom. The van der Waals surface area contributed by atoms with Crippen molar-refractivity contribution in [2.24, 2.45) is 5.92 Å². The fourth-order valence-electron chi connectivity index (χ4n) is 3.19. The molecule has 23 heavy (non-hydrogen) atoms. The van der Waals surface area contributed by atoms with Crippen LogP contribution in [-0.2, 0) is 20.7 Å². The highest BCUT2D eigenvalue weighted by Crippen LogP contribution is 2.23. The number of hydrogen-bond acceptors (Lipinski definition) is 3. The van der Waals surface area contributed by atoms with Crippen LogP contribution in [0.2, 0.25) is 5.02 Å². The maximum absolute atomic E-state index is 12.4. The van der Waals surface area contributed by atoms with Crippen LogP contribution in [0.1, 0.15) is 18.4 Å². The molecular formula is C17H21ClN2O3. The van der Waals surface area contributed by atoms with E-state index in [0.717, 1.165) is 5.56 Å². The molecule has 0 bridgehead atoms. The molecule has 1 aromatic rings.